The van der Waals surface area contributed by atoms with Crippen molar-refractivity contribution in [3.63, 3.8) is 0 Å². The third kappa shape index (κ3) is 3.45. The largest absolute Gasteiger partial charge is 1.00 e. The van der Waals surface area contributed by atoms with E-state index in [4.69, 9.17) is 4.74 Å². The molecule has 0 aliphatic rings. The van der Waals surface area contributed by atoms with Crippen LogP contribution >= 0.6 is 0 Å². The van der Waals surface area contributed by atoms with Crippen molar-refractivity contribution in [1.82, 2.24) is 0 Å². The molecule has 0 aromatic heterocycles. The Labute approximate surface area is 111 Å². The summed E-state index contributed by atoms with van der Waals surface area (Å²) in [7, 11) is -2.27. The fraction of sp³-hybridized carbons (Fsp3) is 0.143. The molecule has 14 heavy (non-hydrogen) atoms. The minimum Gasteiger partial charge on any atom is -0.602 e. The van der Waals surface area contributed by atoms with Crippen molar-refractivity contribution < 1.29 is 46.3 Å². The third-order valence-electron chi connectivity index (χ3n) is 1.44. The van der Waals surface area contributed by atoms with Gasteiger partial charge in [-0.1, -0.05) is 0 Å². The smallest absolute Gasteiger partial charge is 0.602 e. The number of hydrogen-bond acceptors (Lipinski definition) is 5. The van der Waals surface area contributed by atoms with Crippen LogP contribution in [0.3, 0.4) is 0 Å². The van der Waals surface area contributed by atoms with E-state index in [0.29, 0.717) is 5.75 Å². The van der Waals surface area contributed by atoms with E-state index in [1.165, 1.54) is 31.4 Å². The van der Waals surface area contributed by atoms with E-state index in [1.54, 1.807) is 0 Å². The second kappa shape index (κ2) is 5.99. The maximum absolute atomic E-state index is 11.0. The molecular formula is C7H7NaO4S2. The molecule has 72 valence electrons. The first-order chi connectivity index (χ1) is 6.10. The minimum absolute atomic E-state index is 0. The number of benzene rings is 1. The summed E-state index contributed by atoms with van der Waals surface area (Å²) in [5.41, 5.74) is 0. The van der Waals surface area contributed by atoms with Gasteiger partial charge in [0.25, 0.3) is 10.1 Å². The van der Waals surface area contributed by atoms with Crippen LogP contribution in [0.2, 0.25) is 0 Å². The quantitative estimate of drug-likeness (QED) is 0.447. The Hall–Kier alpha value is 0.280. The first-order valence-electron chi connectivity index (χ1n) is 3.30. The van der Waals surface area contributed by atoms with Crippen LogP contribution in [-0.2, 0) is 26.7 Å². The van der Waals surface area contributed by atoms with E-state index in [2.05, 4.69) is 16.5 Å². The Morgan fingerprint density at radius 2 is 1.71 bits per heavy atom. The molecule has 0 unspecified atom stereocenters. The average Bonchev–Trinajstić information content (AvgIpc) is 2.18. The van der Waals surface area contributed by atoms with Gasteiger partial charge in [0.2, 0.25) is 0 Å². The monoisotopic (exact) mass is 242 g/mol. The van der Waals surface area contributed by atoms with Crippen molar-refractivity contribution in [2.45, 2.75) is 4.90 Å². The van der Waals surface area contributed by atoms with Gasteiger partial charge in [-0.3, -0.25) is 0 Å². The molecule has 0 radical (unpaired) electrons. The van der Waals surface area contributed by atoms with Crippen molar-refractivity contribution >= 4 is 23.0 Å². The van der Waals surface area contributed by atoms with E-state index in [1.807, 2.05) is 0 Å². The maximum atomic E-state index is 11.0. The zero-order valence-electron chi connectivity index (χ0n) is 7.76. The molecule has 7 heteroatoms. The molecule has 1 rings (SSSR count). The number of methoxy groups -OCH3 is 1. The number of ether oxygens (including phenoxy) is 1. The fourth-order valence-electron chi connectivity index (χ4n) is 0.782. The van der Waals surface area contributed by atoms with Crippen LogP contribution in [0.15, 0.2) is 29.2 Å². The van der Waals surface area contributed by atoms with Gasteiger partial charge in [0.15, 0.2) is 0 Å². The van der Waals surface area contributed by atoms with Crippen LogP contribution in [0, 0.1) is 0 Å². The van der Waals surface area contributed by atoms with Gasteiger partial charge in [-0.15, -0.1) is 0 Å². The summed E-state index contributed by atoms with van der Waals surface area (Å²) in [5.74, 6) is 0.573. The van der Waals surface area contributed by atoms with Gasteiger partial charge in [-0.25, -0.2) is 0 Å². The molecule has 4 nitrogen and oxygen atoms in total. The molecule has 0 amide bonds. The summed E-state index contributed by atoms with van der Waals surface area (Å²) in [4.78, 5) is 0.0169. The van der Waals surface area contributed by atoms with Crippen LogP contribution < -0.4 is 34.3 Å². The molecule has 0 bridgehead atoms. The molecule has 0 aliphatic carbocycles. The summed E-state index contributed by atoms with van der Waals surface area (Å²) < 4.78 is 30.8. The van der Waals surface area contributed by atoms with Crippen LogP contribution in [0.4, 0.5) is 0 Å². The zero-order valence-corrected chi connectivity index (χ0v) is 11.4. The van der Waals surface area contributed by atoms with E-state index < -0.39 is 10.1 Å². The summed E-state index contributed by atoms with van der Waals surface area (Å²) in [5, 5.41) is 0. The Kier molecular flexibility index (Phi) is 6.11. The predicted molar refractivity (Wildman–Crippen MR) is 48.6 cm³/mol. The van der Waals surface area contributed by atoms with Crippen molar-refractivity contribution in [1.29, 1.82) is 0 Å². The molecule has 0 atom stereocenters. The summed E-state index contributed by atoms with van der Waals surface area (Å²) in [6.07, 6.45) is 0. The molecule has 0 spiro atoms. The molecular weight excluding hydrogens is 235 g/mol. The Bertz CT molecular complexity index is 373. The zero-order chi connectivity index (χ0) is 9.90. The summed E-state index contributed by atoms with van der Waals surface area (Å²) in [6, 6.07) is 5.75. The molecule has 0 fully saturated rings. The van der Waals surface area contributed by atoms with Crippen molar-refractivity contribution in [3.05, 3.63) is 24.3 Å². The predicted octanol–water partition coefficient (Wildman–Crippen LogP) is -2.13. The van der Waals surface area contributed by atoms with Gasteiger partial charge in [0.1, 0.15) is 5.75 Å². The molecule has 1 aromatic carbocycles. The maximum Gasteiger partial charge on any atom is 1.00 e. The Morgan fingerprint density at radius 3 is 2.07 bits per heavy atom. The van der Waals surface area contributed by atoms with Crippen LogP contribution in [-0.4, -0.2) is 15.5 Å². The van der Waals surface area contributed by atoms with E-state index >= 15 is 0 Å². The van der Waals surface area contributed by atoms with Gasteiger partial charge in [0, 0.05) is 0 Å². The SMILES string of the molecule is COc1ccc(S(=O)(=O)O[S-])cc1.[Na+]. The topological polar surface area (TPSA) is 52.6 Å². The fourth-order valence-corrected chi connectivity index (χ4v) is 1.57. The summed E-state index contributed by atoms with van der Waals surface area (Å²) in [6.45, 7) is 0. The Morgan fingerprint density at radius 1 is 1.21 bits per heavy atom. The van der Waals surface area contributed by atoms with Gasteiger partial charge < -0.3 is 21.3 Å². The van der Waals surface area contributed by atoms with Gasteiger partial charge in [-0.05, 0) is 24.3 Å². The van der Waals surface area contributed by atoms with Crippen molar-refractivity contribution in [2.75, 3.05) is 7.11 Å². The molecule has 0 heterocycles. The van der Waals surface area contributed by atoms with Crippen LogP contribution in [0.1, 0.15) is 0 Å². The van der Waals surface area contributed by atoms with E-state index in [-0.39, 0.29) is 34.5 Å². The van der Waals surface area contributed by atoms with Crippen LogP contribution in [0.25, 0.3) is 0 Å². The second-order valence-electron chi connectivity index (χ2n) is 2.20. The second-order valence-corrected chi connectivity index (χ2v) is 4.12. The van der Waals surface area contributed by atoms with Crippen molar-refractivity contribution in [3.8, 4) is 5.75 Å². The normalized spacial score (nSPS) is 10.4. The molecule has 0 aliphatic heterocycles. The molecule has 0 N–H and O–H groups in total. The van der Waals surface area contributed by atoms with Crippen molar-refractivity contribution in [2.24, 2.45) is 0 Å². The third-order valence-corrected chi connectivity index (χ3v) is 3.00. The number of rotatable bonds is 3. The number of hydrogen-bond donors (Lipinski definition) is 0. The minimum atomic E-state index is -3.76. The molecule has 1 aromatic rings. The molecule has 0 saturated carbocycles. The summed E-state index contributed by atoms with van der Waals surface area (Å²) >= 11 is 4.01. The van der Waals surface area contributed by atoms with Gasteiger partial charge >= 0.3 is 29.6 Å². The van der Waals surface area contributed by atoms with E-state index in [9.17, 15) is 8.42 Å². The standard InChI is InChI=1S/C7H8O4S2.Na/c1-10-6-2-4-7(5-3-6)13(8,9)11-12;/h2-5,12H,1H3;/q;+1/p-1. The first-order valence-corrected chi connectivity index (χ1v) is 5.05. The van der Waals surface area contributed by atoms with Gasteiger partial charge in [0.05, 0.1) is 12.0 Å². The van der Waals surface area contributed by atoms with Gasteiger partial charge in [-0.2, -0.15) is 8.42 Å². The first kappa shape index (κ1) is 14.3. The molecule has 0 saturated heterocycles. The Balaban J connectivity index is 0.00000169. The average molecular weight is 242 g/mol. The van der Waals surface area contributed by atoms with Crippen LogP contribution in [0.5, 0.6) is 5.75 Å². The van der Waals surface area contributed by atoms with E-state index in [0.717, 1.165) is 0 Å².